The Balaban J connectivity index is 0.00000225. The molecule has 146 valence electrons. The zero-order valence-corrected chi connectivity index (χ0v) is 16.2. The number of aliphatic imine (C=N–C) groups is 1. The summed E-state index contributed by atoms with van der Waals surface area (Å²) < 4.78 is 0. The van der Waals surface area contributed by atoms with Crippen molar-refractivity contribution in [3.05, 3.63) is 59.7 Å². The van der Waals surface area contributed by atoms with Gasteiger partial charge in [-0.1, -0.05) is 36.4 Å². The molecule has 0 atom stereocenters. The molecule has 2 heterocycles. The number of hydrogen-bond acceptors (Lipinski definition) is 5. The van der Waals surface area contributed by atoms with Crippen molar-refractivity contribution in [3.63, 3.8) is 0 Å². The fourth-order valence-electron chi connectivity index (χ4n) is 3.58. The van der Waals surface area contributed by atoms with Crippen LogP contribution in [0.4, 0.5) is 11.4 Å². The van der Waals surface area contributed by atoms with E-state index in [1.54, 1.807) is 12.1 Å². The number of carbonyl (C=O) groups excluding carboxylic acids is 1. The second-order valence-electron chi connectivity index (χ2n) is 6.78. The summed E-state index contributed by atoms with van der Waals surface area (Å²) in [6.07, 6.45) is 1.57. The first-order valence-electron chi connectivity index (χ1n) is 9.16. The van der Waals surface area contributed by atoms with Crippen LogP contribution in [0.5, 0.6) is 0 Å². The number of fused-ring (bicyclic) bond motifs is 3. The fourth-order valence-corrected chi connectivity index (χ4v) is 3.58. The topological polar surface area (TPSA) is 73.2 Å². The molecule has 28 heavy (non-hydrogen) atoms. The van der Waals surface area contributed by atoms with Crippen LogP contribution < -0.4 is 9.80 Å². The predicted octanol–water partition coefficient (Wildman–Crippen LogP) is 3.39. The summed E-state index contributed by atoms with van der Waals surface area (Å²) in [5.41, 5.74) is 3.67. The maximum absolute atomic E-state index is 12.9. The number of aliphatic carboxylic acids is 1. The third-order valence-corrected chi connectivity index (χ3v) is 4.94. The third-order valence-electron chi connectivity index (χ3n) is 4.94. The van der Waals surface area contributed by atoms with Gasteiger partial charge in [0.15, 0.2) is 5.78 Å². The van der Waals surface area contributed by atoms with E-state index < -0.39 is 5.97 Å². The van der Waals surface area contributed by atoms with Crippen LogP contribution in [0.2, 0.25) is 0 Å². The summed E-state index contributed by atoms with van der Waals surface area (Å²) in [4.78, 5) is 32.4. The number of hydrogen-bond donors (Lipinski definition) is 1. The molecule has 6 nitrogen and oxygen atoms in total. The van der Waals surface area contributed by atoms with E-state index in [9.17, 15) is 9.59 Å². The summed E-state index contributed by atoms with van der Waals surface area (Å²) in [5, 5.41) is 8.78. The van der Waals surface area contributed by atoms with E-state index in [0.717, 1.165) is 42.4 Å². The second kappa shape index (κ2) is 8.44. The molecule has 0 amide bonds. The SMILES string of the molecule is Cl.O=C(O)CCc1ccc(C(=O)CN2C3=NCCCN3c3ccccc32)cc1. The van der Waals surface area contributed by atoms with Crippen LogP contribution in [-0.4, -0.2) is 42.5 Å². The van der Waals surface area contributed by atoms with Crippen LogP contribution in [0.3, 0.4) is 0 Å². The van der Waals surface area contributed by atoms with Gasteiger partial charge in [0.1, 0.15) is 0 Å². The Labute approximate surface area is 169 Å². The Hall–Kier alpha value is -2.86. The molecule has 2 aromatic carbocycles. The van der Waals surface area contributed by atoms with Crippen LogP contribution in [-0.2, 0) is 11.2 Å². The Morgan fingerprint density at radius 1 is 1.04 bits per heavy atom. The Morgan fingerprint density at radius 3 is 2.46 bits per heavy atom. The van der Waals surface area contributed by atoms with Crippen molar-refractivity contribution in [1.29, 1.82) is 0 Å². The standard InChI is InChI=1S/C21H21N3O3.ClH/c25-19(16-9-6-15(7-10-16)8-11-20(26)27)14-24-18-5-2-1-4-17(18)23-13-3-12-22-21(23)24;/h1-2,4-7,9-10H,3,8,11-14H2,(H,26,27);1H. The number of carboxylic acid groups (broad SMARTS) is 1. The van der Waals surface area contributed by atoms with Crippen molar-refractivity contribution in [2.24, 2.45) is 4.99 Å². The molecule has 1 N–H and O–H groups in total. The molecular formula is C21H22ClN3O3. The number of anilines is 2. The van der Waals surface area contributed by atoms with Gasteiger partial charge in [-0.15, -0.1) is 12.4 Å². The Morgan fingerprint density at radius 2 is 1.75 bits per heavy atom. The van der Waals surface area contributed by atoms with Gasteiger partial charge in [-0.2, -0.15) is 0 Å². The molecule has 0 fully saturated rings. The van der Waals surface area contributed by atoms with Gasteiger partial charge in [-0.25, -0.2) is 0 Å². The number of benzene rings is 2. The Kier molecular flexibility index (Phi) is 5.99. The molecule has 0 bridgehead atoms. The van der Waals surface area contributed by atoms with E-state index in [1.807, 2.05) is 35.2 Å². The van der Waals surface area contributed by atoms with Crippen molar-refractivity contribution < 1.29 is 14.7 Å². The molecule has 0 unspecified atom stereocenters. The van der Waals surface area contributed by atoms with E-state index in [1.165, 1.54) is 0 Å². The molecule has 2 aliphatic heterocycles. The summed E-state index contributed by atoms with van der Waals surface area (Å²) in [6, 6.07) is 15.3. The van der Waals surface area contributed by atoms with Gasteiger partial charge in [0.25, 0.3) is 0 Å². The Bertz CT molecular complexity index is 911. The lowest BCUT2D eigenvalue weighted by atomic mass is 10.0. The number of aryl methyl sites for hydroxylation is 1. The van der Waals surface area contributed by atoms with Gasteiger partial charge in [0, 0.05) is 25.1 Å². The second-order valence-corrected chi connectivity index (χ2v) is 6.78. The van der Waals surface area contributed by atoms with Gasteiger partial charge in [0.2, 0.25) is 5.96 Å². The van der Waals surface area contributed by atoms with Crippen LogP contribution in [0.15, 0.2) is 53.5 Å². The normalized spacial score (nSPS) is 14.6. The van der Waals surface area contributed by atoms with Gasteiger partial charge in [0.05, 0.1) is 17.9 Å². The van der Waals surface area contributed by atoms with Crippen molar-refractivity contribution in [1.82, 2.24) is 0 Å². The van der Waals surface area contributed by atoms with Crippen LogP contribution in [0.25, 0.3) is 0 Å². The fraction of sp³-hybridized carbons (Fsp3) is 0.286. The lowest BCUT2D eigenvalue weighted by molar-refractivity contribution is -0.136. The average Bonchev–Trinajstić information content (AvgIpc) is 3.01. The first kappa shape index (κ1) is 19.9. The zero-order valence-electron chi connectivity index (χ0n) is 15.4. The summed E-state index contributed by atoms with van der Waals surface area (Å²) in [6.45, 7) is 1.93. The summed E-state index contributed by atoms with van der Waals surface area (Å²) >= 11 is 0. The quantitative estimate of drug-likeness (QED) is 0.753. The molecule has 7 heteroatoms. The highest BCUT2D eigenvalue weighted by Gasteiger charge is 2.34. The number of guanidine groups is 1. The molecule has 0 radical (unpaired) electrons. The van der Waals surface area contributed by atoms with Crippen LogP contribution in [0, 0.1) is 0 Å². The smallest absolute Gasteiger partial charge is 0.303 e. The molecular weight excluding hydrogens is 378 g/mol. The van der Waals surface area contributed by atoms with E-state index >= 15 is 0 Å². The third kappa shape index (κ3) is 3.87. The first-order valence-corrected chi connectivity index (χ1v) is 9.16. The molecule has 0 spiro atoms. The van der Waals surface area contributed by atoms with Crippen LogP contribution >= 0.6 is 12.4 Å². The predicted molar refractivity (Wildman–Crippen MR) is 112 cm³/mol. The van der Waals surface area contributed by atoms with Gasteiger partial charge in [-0.3, -0.25) is 14.6 Å². The number of rotatable bonds is 6. The number of nitrogens with zero attached hydrogens (tertiary/aromatic N) is 3. The number of Topliss-reactive ketones (excluding diaryl/α,β-unsaturated/α-hetero) is 1. The monoisotopic (exact) mass is 399 g/mol. The minimum atomic E-state index is -0.819. The number of halogens is 1. The summed E-state index contributed by atoms with van der Waals surface area (Å²) in [7, 11) is 0. The van der Waals surface area contributed by atoms with E-state index in [4.69, 9.17) is 5.11 Å². The lowest BCUT2D eigenvalue weighted by Gasteiger charge is -2.26. The van der Waals surface area contributed by atoms with Crippen molar-refractivity contribution in [2.75, 3.05) is 29.4 Å². The van der Waals surface area contributed by atoms with E-state index in [-0.39, 0.29) is 31.2 Å². The average molecular weight is 400 g/mol. The molecule has 0 aromatic heterocycles. The van der Waals surface area contributed by atoms with Crippen molar-refractivity contribution in [3.8, 4) is 0 Å². The van der Waals surface area contributed by atoms with Gasteiger partial charge >= 0.3 is 5.97 Å². The number of carboxylic acids is 1. The number of carbonyl (C=O) groups is 2. The molecule has 0 saturated heterocycles. The first-order chi connectivity index (χ1) is 13.1. The van der Waals surface area contributed by atoms with Gasteiger partial charge < -0.3 is 14.9 Å². The number of para-hydroxylation sites is 2. The molecule has 4 rings (SSSR count). The molecule has 0 saturated carbocycles. The molecule has 2 aromatic rings. The largest absolute Gasteiger partial charge is 0.481 e. The van der Waals surface area contributed by atoms with Crippen molar-refractivity contribution >= 4 is 41.5 Å². The van der Waals surface area contributed by atoms with Crippen LogP contribution in [0.1, 0.15) is 28.8 Å². The molecule has 2 aliphatic rings. The highest BCUT2D eigenvalue weighted by atomic mass is 35.5. The van der Waals surface area contributed by atoms with Crippen molar-refractivity contribution in [2.45, 2.75) is 19.3 Å². The number of ketones is 1. The van der Waals surface area contributed by atoms with E-state index in [0.29, 0.717) is 12.0 Å². The zero-order chi connectivity index (χ0) is 18.8. The highest BCUT2D eigenvalue weighted by molar-refractivity contribution is 6.19. The maximum atomic E-state index is 12.9. The highest BCUT2D eigenvalue weighted by Crippen LogP contribution is 2.38. The van der Waals surface area contributed by atoms with Gasteiger partial charge in [-0.05, 0) is 30.5 Å². The minimum absolute atomic E-state index is 0. The lowest BCUT2D eigenvalue weighted by Crippen LogP contribution is -2.43. The van der Waals surface area contributed by atoms with E-state index in [2.05, 4.69) is 16.0 Å². The minimum Gasteiger partial charge on any atom is -0.481 e. The summed E-state index contributed by atoms with van der Waals surface area (Å²) in [5.74, 6) is 0.0549. The molecule has 0 aliphatic carbocycles. The maximum Gasteiger partial charge on any atom is 0.303 e.